The molecule has 21 heavy (non-hydrogen) atoms. The summed E-state index contributed by atoms with van der Waals surface area (Å²) >= 11 is 6.33. The van der Waals surface area contributed by atoms with Gasteiger partial charge in [-0.05, 0) is 13.0 Å². The van der Waals surface area contributed by atoms with E-state index >= 15 is 0 Å². The van der Waals surface area contributed by atoms with Crippen molar-refractivity contribution in [2.24, 2.45) is 11.7 Å². The van der Waals surface area contributed by atoms with Crippen molar-refractivity contribution < 1.29 is 23.8 Å². The zero-order valence-electron chi connectivity index (χ0n) is 11.7. The van der Waals surface area contributed by atoms with Gasteiger partial charge in [0.1, 0.15) is 17.0 Å². The number of aliphatic carboxylic acids is 1. The normalized spacial score (nSPS) is 30.6. The fourth-order valence-corrected chi connectivity index (χ4v) is 2.81. The van der Waals surface area contributed by atoms with Crippen molar-refractivity contribution in [2.75, 3.05) is 6.61 Å². The van der Waals surface area contributed by atoms with Crippen molar-refractivity contribution in [3.63, 3.8) is 0 Å². The number of nitrogens with two attached hydrogens (primary N) is 1. The minimum atomic E-state index is -2.10. The standard InChI is InChI=1S/C14H17ClFNO4/c1-4-5-21-14(12(19)20)6-9(17)11(16)10(8(2)7-18)13(14,3)15/h4,6-8H,1,5,17H2,2-3H3,(H,19,20). The van der Waals surface area contributed by atoms with Crippen molar-refractivity contribution in [1.82, 2.24) is 0 Å². The van der Waals surface area contributed by atoms with Gasteiger partial charge in [-0.25, -0.2) is 9.18 Å². The van der Waals surface area contributed by atoms with Crippen LogP contribution in [0.4, 0.5) is 4.39 Å². The molecule has 0 aromatic rings. The SMILES string of the molecule is C=CCOC1(C(=O)O)C=C(N)C(F)=C(C(C)C=O)C1(C)Cl. The molecule has 5 nitrogen and oxygen atoms in total. The highest BCUT2D eigenvalue weighted by molar-refractivity contribution is 6.29. The Morgan fingerprint density at radius 1 is 1.71 bits per heavy atom. The molecule has 1 aliphatic carbocycles. The van der Waals surface area contributed by atoms with Gasteiger partial charge in [0.25, 0.3) is 0 Å². The van der Waals surface area contributed by atoms with Gasteiger partial charge >= 0.3 is 5.97 Å². The minimum absolute atomic E-state index is 0.136. The molecule has 0 aromatic carbocycles. The van der Waals surface area contributed by atoms with E-state index < -0.39 is 33.9 Å². The third kappa shape index (κ3) is 2.61. The summed E-state index contributed by atoms with van der Waals surface area (Å²) in [5.74, 6) is -3.29. The number of ether oxygens (including phenoxy) is 1. The number of alkyl halides is 1. The number of carboxylic acid groups (broad SMARTS) is 1. The molecule has 7 heteroatoms. The first-order valence-corrected chi connectivity index (χ1v) is 6.54. The second-order valence-electron chi connectivity index (χ2n) is 4.90. The largest absolute Gasteiger partial charge is 0.479 e. The molecule has 0 amide bonds. The van der Waals surface area contributed by atoms with Gasteiger partial charge in [0.2, 0.25) is 5.60 Å². The second-order valence-corrected chi connectivity index (χ2v) is 5.65. The molecule has 3 N–H and O–H groups in total. The van der Waals surface area contributed by atoms with E-state index in [0.717, 1.165) is 6.08 Å². The van der Waals surface area contributed by atoms with Gasteiger partial charge < -0.3 is 20.4 Å². The lowest BCUT2D eigenvalue weighted by atomic mass is 9.73. The fraction of sp³-hybridized carbons (Fsp3) is 0.429. The Labute approximate surface area is 126 Å². The second kappa shape index (κ2) is 5.99. The number of carbonyl (C=O) groups excluding carboxylic acids is 1. The molecule has 0 aliphatic heterocycles. The Kier molecular flexibility index (Phi) is 4.96. The van der Waals surface area contributed by atoms with Gasteiger partial charge in [-0.1, -0.05) is 13.0 Å². The van der Waals surface area contributed by atoms with E-state index in [0.29, 0.717) is 6.29 Å². The molecule has 3 atom stereocenters. The molecule has 1 rings (SSSR count). The summed E-state index contributed by atoms with van der Waals surface area (Å²) in [6.45, 7) is 5.98. The average Bonchev–Trinajstić information content (AvgIpc) is 2.40. The minimum Gasteiger partial charge on any atom is -0.479 e. The number of carboxylic acids is 1. The first-order valence-electron chi connectivity index (χ1n) is 6.17. The monoisotopic (exact) mass is 317 g/mol. The van der Waals surface area contributed by atoms with Crippen LogP contribution in [0.2, 0.25) is 0 Å². The van der Waals surface area contributed by atoms with Crippen LogP contribution in [0.1, 0.15) is 13.8 Å². The molecule has 0 radical (unpaired) electrons. The van der Waals surface area contributed by atoms with Crippen LogP contribution >= 0.6 is 11.6 Å². The Hall–Kier alpha value is -1.66. The Morgan fingerprint density at radius 2 is 2.29 bits per heavy atom. The number of rotatable bonds is 6. The van der Waals surface area contributed by atoms with Gasteiger partial charge in [0.05, 0.1) is 12.3 Å². The van der Waals surface area contributed by atoms with Crippen molar-refractivity contribution in [3.05, 3.63) is 35.8 Å². The predicted octanol–water partition coefficient (Wildman–Crippen LogP) is 1.92. The zero-order valence-corrected chi connectivity index (χ0v) is 12.5. The van der Waals surface area contributed by atoms with Gasteiger partial charge in [0.15, 0.2) is 0 Å². The average molecular weight is 318 g/mol. The highest BCUT2D eigenvalue weighted by Crippen LogP contribution is 2.48. The van der Waals surface area contributed by atoms with Crippen LogP contribution in [-0.2, 0) is 14.3 Å². The van der Waals surface area contributed by atoms with E-state index in [1.165, 1.54) is 19.9 Å². The van der Waals surface area contributed by atoms with E-state index in [1.54, 1.807) is 0 Å². The van der Waals surface area contributed by atoms with Crippen LogP contribution in [0.25, 0.3) is 0 Å². The van der Waals surface area contributed by atoms with Gasteiger partial charge in [0, 0.05) is 11.5 Å². The number of aldehydes is 1. The third-order valence-electron chi connectivity index (χ3n) is 3.46. The molecule has 0 saturated carbocycles. The summed E-state index contributed by atoms with van der Waals surface area (Å²) in [5, 5.41) is 9.55. The Bertz CT molecular complexity index is 541. The van der Waals surface area contributed by atoms with Crippen LogP contribution in [0.15, 0.2) is 35.8 Å². The molecule has 0 fully saturated rings. The van der Waals surface area contributed by atoms with Crippen LogP contribution in [0.5, 0.6) is 0 Å². The molecule has 3 unspecified atom stereocenters. The summed E-state index contributed by atoms with van der Waals surface area (Å²) in [7, 11) is 0. The quantitative estimate of drug-likeness (QED) is 0.444. The Balaban J connectivity index is 3.60. The lowest BCUT2D eigenvalue weighted by Gasteiger charge is -2.44. The highest BCUT2D eigenvalue weighted by atomic mass is 35.5. The summed E-state index contributed by atoms with van der Waals surface area (Å²) in [6.07, 6.45) is 2.72. The number of halogens is 2. The lowest BCUT2D eigenvalue weighted by molar-refractivity contribution is -0.161. The van der Waals surface area contributed by atoms with Crippen molar-refractivity contribution in [2.45, 2.75) is 24.3 Å². The number of hydrogen-bond donors (Lipinski definition) is 2. The van der Waals surface area contributed by atoms with E-state index in [9.17, 15) is 19.1 Å². The third-order valence-corrected chi connectivity index (χ3v) is 3.94. The smallest absolute Gasteiger partial charge is 0.342 e. The van der Waals surface area contributed by atoms with Crippen molar-refractivity contribution in [1.29, 1.82) is 0 Å². The number of carbonyl (C=O) groups is 2. The van der Waals surface area contributed by atoms with Crippen molar-refractivity contribution >= 4 is 23.9 Å². The molecule has 0 spiro atoms. The Morgan fingerprint density at radius 3 is 2.71 bits per heavy atom. The molecule has 116 valence electrons. The maximum Gasteiger partial charge on any atom is 0.342 e. The summed E-state index contributed by atoms with van der Waals surface area (Å²) in [4.78, 5) is 20.9. The van der Waals surface area contributed by atoms with Crippen molar-refractivity contribution in [3.8, 4) is 0 Å². The fourth-order valence-electron chi connectivity index (χ4n) is 2.37. The van der Waals surface area contributed by atoms with Crippen LogP contribution in [-0.4, -0.2) is 34.4 Å². The summed E-state index contributed by atoms with van der Waals surface area (Å²) in [5.41, 5.74) is 2.81. The molecule has 0 saturated heterocycles. The van der Waals surface area contributed by atoms with Crippen LogP contribution < -0.4 is 5.73 Å². The number of allylic oxidation sites excluding steroid dienone is 1. The van der Waals surface area contributed by atoms with Crippen LogP contribution in [0.3, 0.4) is 0 Å². The topological polar surface area (TPSA) is 89.6 Å². The first kappa shape index (κ1) is 17.4. The first-order chi connectivity index (χ1) is 9.65. The van der Waals surface area contributed by atoms with Crippen LogP contribution in [0, 0.1) is 5.92 Å². The van der Waals surface area contributed by atoms with E-state index in [1.807, 2.05) is 0 Å². The lowest BCUT2D eigenvalue weighted by Crippen LogP contribution is -2.59. The maximum atomic E-state index is 14.3. The van der Waals surface area contributed by atoms with Gasteiger partial charge in [-0.2, -0.15) is 0 Å². The van der Waals surface area contributed by atoms with E-state index in [-0.39, 0.29) is 12.2 Å². The van der Waals surface area contributed by atoms with Gasteiger partial charge in [-0.3, -0.25) is 0 Å². The summed E-state index contributed by atoms with van der Waals surface area (Å²) in [6, 6.07) is 0. The van der Waals surface area contributed by atoms with E-state index in [2.05, 4.69) is 6.58 Å². The van der Waals surface area contributed by atoms with E-state index in [4.69, 9.17) is 22.1 Å². The molecule has 0 heterocycles. The molecular weight excluding hydrogens is 301 g/mol. The highest BCUT2D eigenvalue weighted by Gasteiger charge is 2.59. The number of hydrogen-bond acceptors (Lipinski definition) is 4. The molecule has 1 aliphatic rings. The van der Waals surface area contributed by atoms with Gasteiger partial charge in [-0.15, -0.1) is 18.2 Å². The molecule has 0 aromatic heterocycles. The zero-order chi connectivity index (χ0) is 16.4. The molecule has 0 bridgehead atoms. The maximum absolute atomic E-state index is 14.3. The summed E-state index contributed by atoms with van der Waals surface area (Å²) < 4.78 is 19.6. The molecular formula is C14H17ClFNO4. The predicted molar refractivity (Wildman–Crippen MR) is 76.4 cm³/mol.